The summed E-state index contributed by atoms with van der Waals surface area (Å²) in [4.78, 5) is 11.2. The Kier molecular flexibility index (Phi) is 1.49. The maximum absolute atomic E-state index is 11.2. The number of ketones is 1. The number of fused-ring (bicyclic) bond motifs is 1. The zero-order valence-corrected chi connectivity index (χ0v) is 6.10. The molecular weight excluding hydrogens is 126 g/mol. The lowest BCUT2D eigenvalue weighted by Crippen LogP contribution is -2.26. The van der Waals surface area contributed by atoms with Gasteiger partial charge in [0.05, 0.1) is 0 Å². The smallest absolute Gasteiger partial charge is 0.137 e. The normalized spacial score (nSPS) is 39.8. The monoisotopic (exact) mass is 139 g/mol. The van der Waals surface area contributed by atoms with Gasteiger partial charge in [-0.1, -0.05) is 0 Å². The van der Waals surface area contributed by atoms with Crippen LogP contribution in [0.25, 0.3) is 0 Å². The van der Waals surface area contributed by atoms with E-state index in [1.807, 2.05) is 0 Å². The third kappa shape index (κ3) is 0.870. The van der Waals surface area contributed by atoms with Gasteiger partial charge in [-0.05, 0) is 25.3 Å². The zero-order chi connectivity index (χ0) is 6.97. The van der Waals surface area contributed by atoms with Crippen molar-refractivity contribution in [2.45, 2.75) is 19.3 Å². The zero-order valence-electron chi connectivity index (χ0n) is 6.10. The van der Waals surface area contributed by atoms with Crippen molar-refractivity contribution in [3.8, 4) is 0 Å². The molecule has 2 aliphatic rings. The molecule has 10 heavy (non-hydrogen) atoms. The first-order valence-electron chi connectivity index (χ1n) is 4.11. The van der Waals surface area contributed by atoms with Crippen LogP contribution in [0.15, 0.2) is 0 Å². The Morgan fingerprint density at radius 3 is 3.10 bits per heavy atom. The molecule has 1 saturated carbocycles. The predicted octanol–water partition coefficient (Wildman–Crippen LogP) is 0.575. The first-order chi connectivity index (χ1) is 4.88. The molecule has 56 valence electrons. The van der Waals surface area contributed by atoms with Crippen molar-refractivity contribution in [2.75, 3.05) is 13.1 Å². The van der Waals surface area contributed by atoms with Crippen molar-refractivity contribution in [1.82, 2.24) is 5.32 Å². The number of rotatable bonds is 0. The summed E-state index contributed by atoms with van der Waals surface area (Å²) in [7, 11) is 0. The van der Waals surface area contributed by atoms with Gasteiger partial charge in [-0.2, -0.15) is 0 Å². The molecule has 0 spiro atoms. The van der Waals surface area contributed by atoms with E-state index in [1.54, 1.807) is 0 Å². The van der Waals surface area contributed by atoms with Gasteiger partial charge in [0.15, 0.2) is 0 Å². The molecule has 0 radical (unpaired) electrons. The van der Waals surface area contributed by atoms with E-state index < -0.39 is 0 Å². The van der Waals surface area contributed by atoms with Crippen LogP contribution in [0, 0.1) is 11.8 Å². The fourth-order valence-corrected chi connectivity index (χ4v) is 2.14. The highest BCUT2D eigenvalue weighted by molar-refractivity contribution is 5.82. The van der Waals surface area contributed by atoms with Crippen molar-refractivity contribution in [2.24, 2.45) is 11.8 Å². The Morgan fingerprint density at radius 2 is 2.30 bits per heavy atom. The van der Waals surface area contributed by atoms with Gasteiger partial charge in [0, 0.05) is 18.9 Å². The van der Waals surface area contributed by atoms with Crippen LogP contribution < -0.4 is 5.32 Å². The summed E-state index contributed by atoms with van der Waals surface area (Å²) in [6.45, 7) is 2.03. The van der Waals surface area contributed by atoms with Crippen molar-refractivity contribution >= 4 is 5.78 Å². The van der Waals surface area contributed by atoms with Gasteiger partial charge in [0.2, 0.25) is 0 Å². The molecule has 0 bridgehead atoms. The van der Waals surface area contributed by atoms with Crippen molar-refractivity contribution < 1.29 is 4.79 Å². The Hall–Kier alpha value is -0.370. The van der Waals surface area contributed by atoms with Crippen LogP contribution in [-0.2, 0) is 4.79 Å². The second-order valence-corrected chi connectivity index (χ2v) is 3.38. The van der Waals surface area contributed by atoms with E-state index in [4.69, 9.17) is 0 Å². The van der Waals surface area contributed by atoms with Crippen LogP contribution in [0.3, 0.4) is 0 Å². The summed E-state index contributed by atoms with van der Waals surface area (Å²) in [5.74, 6) is 1.57. The molecule has 2 nitrogen and oxygen atoms in total. The van der Waals surface area contributed by atoms with Gasteiger partial charge in [0.25, 0.3) is 0 Å². The summed E-state index contributed by atoms with van der Waals surface area (Å²) in [6, 6.07) is 0. The number of hydrogen-bond acceptors (Lipinski definition) is 2. The molecule has 2 rings (SSSR count). The van der Waals surface area contributed by atoms with Crippen molar-refractivity contribution in [3.63, 3.8) is 0 Å². The molecule has 1 aliphatic heterocycles. The third-order valence-electron chi connectivity index (χ3n) is 2.75. The molecule has 1 aliphatic carbocycles. The molecule has 0 amide bonds. The summed E-state index contributed by atoms with van der Waals surface area (Å²) in [5, 5.41) is 3.27. The Bertz CT molecular complexity index is 155. The van der Waals surface area contributed by atoms with Crippen molar-refractivity contribution in [1.29, 1.82) is 0 Å². The van der Waals surface area contributed by atoms with E-state index in [2.05, 4.69) is 5.32 Å². The first kappa shape index (κ1) is 6.35. The standard InChI is InChI=1S/C8H13NO/c10-8-3-1-2-6-4-9-5-7(6)8/h6-7,9H,1-5H2/t6-,7+/m0/s1. The molecule has 0 unspecified atom stereocenters. The number of carbonyl (C=O) groups excluding carboxylic acids is 1. The summed E-state index contributed by atoms with van der Waals surface area (Å²) >= 11 is 0. The van der Waals surface area contributed by atoms with Crippen LogP contribution in [0.5, 0.6) is 0 Å². The van der Waals surface area contributed by atoms with Crippen LogP contribution in [-0.4, -0.2) is 18.9 Å². The highest BCUT2D eigenvalue weighted by Gasteiger charge is 2.34. The average Bonchev–Trinajstić information content (AvgIpc) is 2.36. The van der Waals surface area contributed by atoms with Gasteiger partial charge >= 0.3 is 0 Å². The van der Waals surface area contributed by atoms with Crippen LogP contribution in [0.1, 0.15) is 19.3 Å². The SMILES string of the molecule is O=C1CCC[C@H]2CNC[C@@H]12. The number of hydrogen-bond donors (Lipinski definition) is 1. The molecule has 1 heterocycles. The highest BCUT2D eigenvalue weighted by Crippen LogP contribution is 2.29. The molecule has 2 fully saturated rings. The van der Waals surface area contributed by atoms with E-state index in [0.717, 1.165) is 25.9 Å². The van der Waals surface area contributed by atoms with E-state index in [9.17, 15) is 4.79 Å². The predicted molar refractivity (Wildman–Crippen MR) is 38.7 cm³/mol. The van der Waals surface area contributed by atoms with Crippen LogP contribution >= 0.6 is 0 Å². The van der Waals surface area contributed by atoms with E-state index in [-0.39, 0.29) is 0 Å². The van der Waals surface area contributed by atoms with Gasteiger partial charge in [-0.25, -0.2) is 0 Å². The minimum Gasteiger partial charge on any atom is -0.316 e. The van der Waals surface area contributed by atoms with Gasteiger partial charge in [-0.3, -0.25) is 4.79 Å². The second kappa shape index (κ2) is 2.35. The molecular formula is C8H13NO. The Morgan fingerprint density at radius 1 is 1.40 bits per heavy atom. The van der Waals surface area contributed by atoms with Gasteiger partial charge in [-0.15, -0.1) is 0 Å². The van der Waals surface area contributed by atoms with Crippen LogP contribution in [0.4, 0.5) is 0 Å². The Balaban J connectivity index is 2.10. The summed E-state index contributed by atoms with van der Waals surface area (Å²) < 4.78 is 0. The molecule has 2 heteroatoms. The Labute approximate surface area is 61.0 Å². The van der Waals surface area contributed by atoms with Crippen molar-refractivity contribution in [3.05, 3.63) is 0 Å². The van der Waals surface area contributed by atoms with Gasteiger partial charge < -0.3 is 5.32 Å². The number of Topliss-reactive ketones (excluding diaryl/α,β-unsaturated/α-hetero) is 1. The minimum atomic E-state index is 0.383. The summed E-state index contributed by atoms with van der Waals surface area (Å²) in [6.07, 6.45) is 3.23. The quantitative estimate of drug-likeness (QED) is 0.531. The fourth-order valence-electron chi connectivity index (χ4n) is 2.14. The highest BCUT2D eigenvalue weighted by atomic mass is 16.1. The molecule has 0 aromatic carbocycles. The third-order valence-corrected chi connectivity index (χ3v) is 2.75. The van der Waals surface area contributed by atoms with E-state index >= 15 is 0 Å². The average molecular weight is 139 g/mol. The minimum absolute atomic E-state index is 0.383. The van der Waals surface area contributed by atoms with Gasteiger partial charge in [0.1, 0.15) is 5.78 Å². The molecule has 1 N–H and O–H groups in total. The molecule has 0 aromatic heterocycles. The maximum atomic E-state index is 11.2. The first-order valence-corrected chi connectivity index (χ1v) is 4.11. The molecule has 0 aromatic rings. The lowest BCUT2D eigenvalue weighted by Gasteiger charge is -2.21. The molecule has 2 atom stereocenters. The van der Waals surface area contributed by atoms with E-state index in [1.165, 1.54) is 6.42 Å². The lowest BCUT2D eigenvalue weighted by molar-refractivity contribution is -0.125. The fraction of sp³-hybridized carbons (Fsp3) is 0.875. The molecule has 1 saturated heterocycles. The number of carbonyl (C=O) groups is 1. The summed E-state index contributed by atoms with van der Waals surface area (Å²) in [5.41, 5.74) is 0. The van der Waals surface area contributed by atoms with E-state index in [0.29, 0.717) is 17.6 Å². The van der Waals surface area contributed by atoms with Crippen LogP contribution in [0.2, 0.25) is 0 Å². The second-order valence-electron chi connectivity index (χ2n) is 3.38. The largest absolute Gasteiger partial charge is 0.316 e. The maximum Gasteiger partial charge on any atom is 0.137 e. The lowest BCUT2D eigenvalue weighted by atomic mass is 9.81. The topological polar surface area (TPSA) is 29.1 Å². The number of nitrogens with one attached hydrogen (secondary N) is 1.